The van der Waals surface area contributed by atoms with Crippen molar-refractivity contribution in [3.05, 3.63) is 0 Å². The Kier molecular flexibility index (Phi) is 9.02. The molecule has 110 valence electrons. The van der Waals surface area contributed by atoms with E-state index in [1.54, 1.807) is 0 Å². The van der Waals surface area contributed by atoms with Gasteiger partial charge in [0.1, 0.15) is 6.17 Å². The molecule has 19 heavy (non-hydrogen) atoms. The summed E-state index contributed by atoms with van der Waals surface area (Å²) in [4.78, 5) is 0. The molecule has 1 heterocycles. The molecule has 1 rings (SSSR count). The summed E-state index contributed by atoms with van der Waals surface area (Å²) in [6, 6.07) is 0. The van der Waals surface area contributed by atoms with Gasteiger partial charge >= 0.3 is 0 Å². The molecule has 8 heteroatoms. The van der Waals surface area contributed by atoms with Gasteiger partial charge in [-0.2, -0.15) is 0 Å². The van der Waals surface area contributed by atoms with Crippen molar-refractivity contribution in [2.24, 2.45) is 8.94 Å². The molecule has 0 aromatic heterocycles. The fourth-order valence-corrected chi connectivity index (χ4v) is 2.39. The molecule has 0 spiro atoms. The maximum atomic E-state index is 13.7. The smallest absolute Gasteiger partial charge is 0.100 e. The lowest BCUT2D eigenvalue weighted by atomic mass is 10.1. The quantitative estimate of drug-likeness (QED) is 0.835. The third-order valence-corrected chi connectivity index (χ3v) is 3.65. The van der Waals surface area contributed by atoms with E-state index in [4.69, 9.17) is 24.9 Å². The van der Waals surface area contributed by atoms with Gasteiger partial charge in [-0.05, 0) is 25.7 Å². The summed E-state index contributed by atoms with van der Waals surface area (Å²) in [6.45, 7) is 4.60. The SMILES string of the molecule is FC1CCCN(N=S)CCNCCN(N=S)CCC1. The molecular weight excluding hydrogens is 285 g/mol. The molecule has 0 unspecified atom stereocenters. The molecule has 0 saturated carbocycles. The Morgan fingerprint density at radius 2 is 1.37 bits per heavy atom. The van der Waals surface area contributed by atoms with Gasteiger partial charge in [-0.3, -0.25) is 10.0 Å². The summed E-state index contributed by atoms with van der Waals surface area (Å²) in [7, 11) is 0. The largest absolute Gasteiger partial charge is 0.313 e. The predicted molar refractivity (Wildman–Crippen MR) is 79.0 cm³/mol. The number of hydrogen-bond donors (Lipinski definition) is 1. The molecule has 0 aromatic rings. The van der Waals surface area contributed by atoms with Crippen LogP contribution < -0.4 is 5.32 Å². The van der Waals surface area contributed by atoms with E-state index in [0.717, 1.165) is 52.1 Å². The van der Waals surface area contributed by atoms with Crippen LogP contribution in [-0.2, 0) is 24.9 Å². The van der Waals surface area contributed by atoms with Gasteiger partial charge in [-0.15, -0.1) is 8.94 Å². The Morgan fingerprint density at radius 1 is 0.895 bits per heavy atom. The Labute approximate surface area is 125 Å². The lowest BCUT2D eigenvalue weighted by Gasteiger charge is -2.21. The van der Waals surface area contributed by atoms with E-state index in [1.807, 2.05) is 10.0 Å². The Balaban J connectivity index is 2.41. The van der Waals surface area contributed by atoms with Crippen LogP contribution in [0.15, 0.2) is 8.94 Å². The second-order valence-electron chi connectivity index (χ2n) is 4.70. The van der Waals surface area contributed by atoms with Crippen molar-refractivity contribution in [1.82, 2.24) is 15.3 Å². The monoisotopic (exact) mass is 307 g/mol. The maximum Gasteiger partial charge on any atom is 0.100 e. The van der Waals surface area contributed by atoms with Crippen molar-refractivity contribution in [2.45, 2.75) is 31.9 Å². The van der Waals surface area contributed by atoms with Gasteiger partial charge in [0.25, 0.3) is 0 Å². The molecule has 1 N–H and O–H groups in total. The Morgan fingerprint density at radius 3 is 1.79 bits per heavy atom. The van der Waals surface area contributed by atoms with E-state index < -0.39 is 6.17 Å². The Hall–Kier alpha value is -0.470. The first-order chi connectivity index (χ1) is 9.26. The van der Waals surface area contributed by atoms with Crippen LogP contribution in [0.25, 0.3) is 0 Å². The van der Waals surface area contributed by atoms with Crippen molar-refractivity contribution in [3.8, 4) is 0 Å². The van der Waals surface area contributed by atoms with E-state index in [9.17, 15) is 4.39 Å². The van der Waals surface area contributed by atoms with Gasteiger partial charge < -0.3 is 5.32 Å². The molecule has 1 fully saturated rings. The highest BCUT2D eigenvalue weighted by Crippen LogP contribution is 2.11. The number of rotatable bonds is 2. The fourth-order valence-electron chi connectivity index (χ4n) is 2.06. The van der Waals surface area contributed by atoms with E-state index in [0.29, 0.717) is 12.8 Å². The summed E-state index contributed by atoms with van der Waals surface area (Å²) < 4.78 is 21.2. The van der Waals surface area contributed by atoms with Crippen LogP contribution in [0.3, 0.4) is 0 Å². The predicted octanol–water partition coefficient (Wildman–Crippen LogP) is 1.38. The number of nitrogens with zero attached hydrogens (tertiary/aromatic N) is 4. The topological polar surface area (TPSA) is 43.2 Å². The van der Waals surface area contributed by atoms with Crippen LogP contribution in [0.2, 0.25) is 0 Å². The van der Waals surface area contributed by atoms with Gasteiger partial charge in [-0.1, -0.05) is 0 Å². The number of nitrogens with one attached hydrogen (secondary N) is 1. The highest BCUT2D eigenvalue weighted by Gasteiger charge is 2.10. The molecular formula is C11H22FN5S2. The summed E-state index contributed by atoms with van der Waals surface area (Å²) in [5.74, 6) is 0. The van der Waals surface area contributed by atoms with Gasteiger partial charge in [0, 0.05) is 39.3 Å². The van der Waals surface area contributed by atoms with Crippen molar-refractivity contribution in [1.29, 1.82) is 0 Å². The molecule has 0 aliphatic carbocycles. The maximum absolute atomic E-state index is 13.7. The third kappa shape index (κ3) is 7.64. The molecule has 1 aliphatic rings. The van der Waals surface area contributed by atoms with Gasteiger partial charge in [0.2, 0.25) is 0 Å². The lowest BCUT2D eigenvalue weighted by molar-refractivity contribution is 0.221. The van der Waals surface area contributed by atoms with Crippen molar-refractivity contribution in [2.75, 3.05) is 39.3 Å². The normalized spacial score (nSPS) is 21.7. The molecule has 1 aliphatic heterocycles. The summed E-state index contributed by atoms with van der Waals surface area (Å²) in [5.41, 5.74) is 0. The second kappa shape index (κ2) is 10.3. The zero-order valence-corrected chi connectivity index (χ0v) is 12.8. The Bertz CT molecular complexity index is 245. The third-order valence-electron chi connectivity index (χ3n) is 3.19. The molecule has 0 bridgehead atoms. The van der Waals surface area contributed by atoms with Crippen LogP contribution in [0.5, 0.6) is 0 Å². The van der Waals surface area contributed by atoms with E-state index in [2.05, 4.69) is 14.3 Å². The molecule has 0 radical (unpaired) electrons. The average Bonchev–Trinajstić information content (AvgIpc) is 2.42. The van der Waals surface area contributed by atoms with Crippen molar-refractivity contribution < 1.29 is 4.39 Å². The highest BCUT2D eigenvalue weighted by molar-refractivity contribution is 7.47. The van der Waals surface area contributed by atoms with Crippen LogP contribution in [0, 0.1) is 0 Å². The minimum atomic E-state index is -0.750. The van der Waals surface area contributed by atoms with Gasteiger partial charge in [0.15, 0.2) is 0 Å². The van der Waals surface area contributed by atoms with E-state index in [1.165, 1.54) is 0 Å². The molecule has 0 amide bonds. The van der Waals surface area contributed by atoms with E-state index >= 15 is 0 Å². The average molecular weight is 307 g/mol. The van der Waals surface area contributed by atoms with Gasteiger partial charge in [0.05, 0.1) is 24.9 Å². The first-order valence-electron chi connectivity index (χ1n) is 6.77. The lowest BCUT2D eigenvalue weighted by Crippen LogP contribution is -2.34. The summed E-state index contributed by atoms with van der Waals surface area (Å²) in [6.07, 6.45) is 1.96. The van der Waals surface area contributed by atoms with Crippen LogP contribution >= 0.6 is 0 Å². The van der Waals surface area contributed by atoms with Crippen LogP contribution in [-0.4, -0.2) is 55.5 Å². The van der Waals surface area contributed by atoms with Crippen LogP contribution in [0.1, 0.15) is 25.7 Å². The van der Waals surface area contributed by atoms with Crippen LogP contribution in [0.4, 0.5) is 4.39 Å². The summed E-state index contributed by atoms with van der Waals surface area (Å²) >= 11 is 9.45. The zero-order chi connectivity index (χ0) is 13.9. The molecule has 5 nitrogen and oxygen atoms in total. The minimum Gasteiger partial charge on any atom is -0.313 e. The summed E-state index contributed by atoms with van der Waals surface area (Å²) in [5, 5.41) is 6.94. The van der Waals surface area contributed by atoms with Crippen molar-refractivity contribution >= 4 is 24.9 Å². The first kappa shape index (κ1) is 16.6. The molecule has 0 aromatic carbocycles. The first-order valence-corrected chi connectivity index (χ1v) is 7.50. The zero-order valence-electron chi connectivity index (χ0n) is 11.1. The number of halogens is 1. The van der Waals surface area contributed by atoms with Gasteiger partial charge in [-0.25, -0.2) is 4.39 Å². The van der Waals surface area contributed by atoms with E-state index in [-0.39, 0.29) is 0 Å². The van der Waals surface area contributed by atoms with Crippen molar-refractivity contribution in [3.63, 3.8) is 0 Å². The fraction of sp³-hybridized carbons (Fsp3) is 1.00. The highest BCUT2D eigenvalue weighted by atomic mass is 32.1. The number of hydrogen-bond acceptors (Lipinski definition) is 5. The molecule has 1 saturated heterocycles. The number of alkyl halides is 1. The molecule has 0 atom stereocenters. The minimum absolute atomic E-state index is 0.569. The second-order valence-corrected chi connectivity index (χ2v) is 5.03. The standard InChI is InChI=1S/C11H22FN5S2/c12-11-3-1-7-16(14-18)9-5-13-6-10-17(15-19)8-2-4-11/h11,13H,1-10H2.